The third kappa shape index (κ3) is 3.90. The van der Waals surface area contributed by atoms with Crippen LogP contribution in [0.25, 0.3) is 0 Å². The Labute approximate surface area is 117 Å². The maximum Gasteiger partial charge on any atom is 0.126 e. The summed E-state index contributed by atoms with van der Waals surface area (Å²) in [5, 5.41) is 4.13. The van der Waals surface area contributed by atoms with Gasteiger partial charge < -0.3 is 5.32 Å². The molecule has 2 unspecified atom stereocenters. The van der Waals surface area contributed by atoms with Crippen molar-refractivity contribution >= 4 is 23.5 Å². The van der Waals surface area contributed by atoms with Crippen LogP contribution in [0.1, 0.15) is 12.5 Å². The van der Waals surface area contributed by atoms with Crippen LogP contribution in [0, 0.1) is 5.82 Å². The molecule has 1 aromatic carbocycles. The molecule has 2 atom stereocenters. The van der Waals surface area contributed by atoms with Gasteiger partial charge in [-0.05, 0) is 24.6 Å². The van der Waals surface area contributed by atoms with Crippen molar-refractivity contribution in [2.45, 2.75) is 24.6 Å². The van der Waals surface area contributed by atoms with E-state index in [2.05, 4.69) is 12.2 Å². The van der Waals surface area contributed by atoms with E-state index in [1.165, 1.54) is 17.3 Å². The molecule has 1 N–H and O–H groups in total. The lowest BCUT2D eigenvalue weighted by Crippen LogP contribution is -2.42. The number of hydrogen-bond donors (Lipinski definition) is 1. The van der Waals surface area contributed by atoms with Crippen LogP contribution in [-0.2, 0) is 6.42 Å². The van der Waals surface area contributed by atoms with Crippen LogP contribution < -0.4 is 5.32 Å². The number of rotatable bonds is 5. The standard InChI is InChI=1S/C14H20FNS2/c1-2-16-13(14-10-17-7-8-18-14)9-11-5-3-4-6-12(11)15/h3-6,13-14,16H,2,7-10H2,1H3. The van der Waals surface area contributed by atoms with Crippen LogP contribution in [0.4, 0.5) is 4.39 Å². The lowest BCUT2D eigenvalue weighted by molar-refractivity contribution is 0.507. The predicted molar refractivity (Wildman–Crippen MR) is 81.1 cm³/mol. The van der Waals surface area contributed by atoms with Gasteiger partial charge in [0.25, 0.3) is 0 Å². The van der Waals surface area contributed by atoms with E-state index in [1.54, 1.807) is 12.1 Å². The Bertz CT molecular complexity index is 367. The van der Waals surface area contributed by atoms with Gasteiger partial charge in [0.05, 0.1) is 0 Å². The number of benzene rings is 1. The van der Waals surface area contributed by atoms with E-state index in [4.69, 9.17) is 0 Å². The van der Waals surface area contributed by atoms with Crippen molar-refractivity contribution in [2.75, 3.05) is 23.8 Å². The van der Waals surface area contributed by atoms with Crippen molar-refractivity contribution in [2.24, 2.45) is 0 Å². The predicted octanol–water partition coefficient (Wildman–Crippen LogP) is 3.19. The molecule has 0 aliphatic carbocycles. The molecule has 0 aromatic heterocycles. The fourth-order valence-electron chi connectivity index (χ4n) is 2.24. The van der Waals surface area contributed by atoms with Gasteiger partial charge in [-0.2, -0.15) is 23.5 Å². The Kier molecular flexibility index (Phi) is 5.86. The molecule has 0 spiro atoms. The largest absolute Gasteiger partial charge is 0.313 e. The quantitative estimate of drug-likeness (QED) is 0.892. The van der Waals surface area contributed by atoms with E-state index in [0.29, 0.717) is 11.3 Å². The number of hydrogen-bond acceptors (Lipinski definition) is 3. The Balaban J connectivity index is 2.03. The molecular weight excluding hydrogens is 265 g/mol. The normalized spacial score (nSPS) is 21.8. The van der Waals surface area contributed by atoms with Crippen LogP contribution in [-0.4, -0.2) is 35.1 Å². The van der Waals surface area contributed by atoms with E-state index in [9.17, 15) is 4.39 Å². The molecule has 1 aromatic rings. The van der Waals surface area contributed by atoms with E-state index in [0.717, 1.165) is 18.5 Å². The van der Waals surface area contributed by atoms with Crippen molar-refractivity contribution < 1.29 is 4.39 Å². The second-order valence-electron chi connectivity index (χ2n) is 4.44. The monoisotopic (exact) mass is 285 g/mol. The lowest BCUT2D eigenvalue weighted by atomic mass is 10.0. The SMILES string of the molecule is CCNC(Cc1ccccc1F)C1CSCCS1. The van der Waals surface area contributed by atoms with Crippen molar-refractivity contribution in [1.82, 2.24) is 5.32 Å². The molecule has 1 fully saturated rings. The minimum atomic E-state index is -0.0751. The smallest absolute Gasteiger partial charge is 0.126 e. The Morgan fingerprint density at radius 2 is 2.22 bits per heavy atom. The molecule has 1 heterocycles. The zero-order valence-corrected chi connectivity index (χ0v) is 12.3. The fourth-order valence-corrected chi connectivity index (χ4v) is 5.13. The Hall–Kier alpha value is -0.190. The zero-order chi connectivity index (χ0) is 12.8. The molecule has 1 aliphatic rings. The lowest BCUT2D eigenvalue weighted by Gasteiger charge is -2.30. The summed E-state index contributed by atoms with van der Waals surface area (Å²) in [5.41, 5.74) is 0.833. The van der Waals surface area contributed by atoms with E-state index >= 15 is 0 Å². The van der Waals surface area contributed by atoms with Gasteiger partial charge in [-0.1, -0.05) is 25.1 Å². The van der Waals surface area contributed by atoms with E-state index in [1.807, 2.05) is 35.7 Å². The summed E-state index contributed by atoms with van der Waals surface area (Å²) in [6.07, 6.45) is 0.790. The summed E-state index contributed by atoms with van der Waals surface area (Å²) in [7, 11) is 0. The van der Waals surface area contributed by atoms with Gasteiger partial charge in [-0.3, -0.25) is 0 Å². The molecule has 1 aliphatic heterocycles. The van der Waals surface area contributed by atoms with Gasteiger partial charge >= 0.3 is 0 Å². The molecule has 18 heavy (non-hydrogen) atoms. The second-order valence-corrected chi connectivity index (χ2v) is 6.94. The summed E-state index contributed by atoms with van der Waals surface area (Å²) in [6, 6.07) is 7.52. The molecule has 0 saturated carbocycles. The molecule has 0 radical (unpaired) electrons. The second kappa shape index (κ2) is 7.41. The van der Waals surface area contributed by atoms with E-state index in [-0.39, 0.29) is 5.82 Å². The fraction of sp³-hybridized carbons (Fsp3) is 0.571. The zero-order valence-electron chi connectivity index (χ0n) is 10.7. The van der Waals surface area contributed by atoms with Crippen molar-refractivity contribution in [3.8, 4) is 0 Å². The highest BCUT2D eigenvalue weighted by Crippen LogP contribution is 2.28. The van der Waals surface area contributed by atoms with E-state index < -0.39 is 0 Å². The number of thioether (sulfide) groups is 2. The van der Waals surface area contributed by atoms with Crippen LogP contribution in [0.5, 0.6) is 0 Å². The summed E-state index contributed by atoms with van der Waals surface area (Å²) >= 11 is 4.05. The highest BCUT2D eigenvalue weighted by atomic mass is 32.2. The maximum atomic E-state index is 13.7. The number of halogens is 1. The van der Waals surface area contributed by atoms with Crippen LogP contribution in [0.2, 0.25) is 0 Å². The minimum absolute atomic E-state index is 0.0751. The Morgan fingerprint density at radius 3 is 2.89 bits per heavy atom. The maximum absolute atomic E-state index is 13.7. The van der Waals surface area contributed by atoms with Gasteiger partial charge in [-0.25, -0.2) is 4.39 Å². The first-order valence-corrected chi connectivity index (χ1v) is 8.67. The summed E-state index contributed by atoms with van der Waals surface area (Å²) in [6.45, 7) is 3.07. The third-order valence-electron chi connectivity index (χ3n) is 3.15. The summed E-state index contributed by atoms with van der Waals surface area (Å²) in [4.78, 5) is 0. The van der Waals surface area contributed by atoms with Crippen molar-refractivity contribution in [1.29, 1.82) is 0 Å². The molecule has 1 nitrogen and oxygen atoms in total. The highest BCUT2D eigenvalue weighted by molar-refractivity contribution is 8.06. The summed E-state index contributed by atoms with van der Waals surface area (Å²) in [5.74, 6) is 3.57. The first kappa shape index (κ1) is 14.2. The molecule has 0 bridgehead atoms. The first-order chi connectivity index (χ1) is 8.81. The minimum Gasteiger partial charge on any atom is -0.313 e. The molecule has 4 heteroatoms. The van der Waals surface area contributed by atoms with Gasteiger partial charge in [0.15, 0.2) is 0 Å². The van der Waals surface area contributed by atoms with Crippen molar-refractivity contribution in [3.63, 3.8) is 0 Å². The first-order valence-electron chi connectivity index (χ1n) is 6.47. The highest BCUT2D eigenvalue weighted by Gasteiger charge is 2.24. The molecule has 2 rings (SSSR count). The van der Waals surface area contributed by atoms with Crippen molar-refractivity contribution in [3.05, 3.63) is 35.6 Å². The summed E-state index contributed by atoms with van der Waals surface area (Å²) < 4.78 is 13.7. The van der Waals surface area contributed by atoms with Crippen LogP contribution in [0.3, 0.4) is 0 Å². The average molecular weight is 285 g/mol. The molecule has 1 saturated heterocycles. The van der Waals surface area contributed by atoms with Crippen LogP contribution >= 0.6 is 23.5 Å². The number of likely N-dealkylation sites (N-methyl/N-ethyl adjacent to an activating group) is 1. The van der Waals surface area contributed by atoms with Gasteiger partial charge in [0, 0.05) is 28.6 Å². The Morgan fingerprint density at radius 1 is 1.39 bits per heavy atom. The molecule has 0 amide bonds. The third-order valence-corrected chi connectivity index (χ3v) is 6.07. The van der Waals surface area contributed by atoms with Gasteiger partial charge in [0.2, 0.25) is 0 Å². The van der Waals surface area contributed by atoms with Gasteiger partial charge in [0.1, 0.15) is 5.82 Å². The topological polar surface area (TPSA) is 12.0 Å². The molecular formula is C14H20FNS2. The molecule has 100 valence electrons. The van der Waals surface area contributed by atoms with Gasteiger partial charge in [-0.15, -0.1) is 0 Å². The van der Waals surface area contributed by atoms with Crippen LogP contribution in [0.15, 0.2) is 24.3 Å². The number of nitrogens with one attached hydrogen (secondary N) is 1. The average Bonchev–Trinajstić information content (AvgIpc) is 2.42.